The van der Waals surface area contributed by atoms with Gasteiger partial charge in [0.2, 0.25) is 0 Å². The van der Waals surface area contributed by atoms with Gasteiger partial charge < -0.3 is 24.8 Å². The van der Waals surface area contributed by atoms with E-state index >= 15 is 0 Å². The smallest absolute Gasteiger partial charge is 0.338 e. The fourth-order valence-corrected chi connectivity index (χ4v) is 3.35. The number of hydrogen-bond donors (Lipinski definition) is 2. The maximum atomic E-state index is 13.0. The molecule has 2 N–H and O–H groups in total. The number of unbranched alkanes of at least 4 members (excludes halogenated alkanes) is 1. The number of methoxy groups -OCH3 is 1. The Balaban J connectivity index is 2.05. The van der Waals surface area contributed by atoms with E-state index in [1.807, 2.05) is 24.3 Å². The summed E-state index contributed by atoms with van der Waals surface area (Å²) < 4.78 is 16.4. The van der Waals surface area contributed by atoms with E-state index in [1.54, 1.807) is 38.3 Å². The summed E-state index contributed by atoms with van der Waals surface area (Å²) in [5.41, 5.74) is 2.15. The van der Waals surface area contributed by atoms with Gasteiger partial charge in [-0.2, -0.15) is 0 Å². The monoisotopic (exact) mass is 424 g/mol. The second-order valence-electron chi connectivity index (χ2n) is 7.04. The van der Waals surface area contributed by atoms with Crippen LogP contribution < -0.4 is 20.1 Å². The van der Waals surface area contributed by atoms with Gasteiger partial charge in [0.1, 0.15) is 11.5 Å². The molecule has 0 spiro atoms. The van der Waals surface area contributed by atoms with Crippen LogP contribution in [0.2, 0.25) is 0 Å². The lowest BCUT2D eigenvalue weighted by Crippen LogP contribution is -2.45. The van der Waals surface area contributed by atoms with Crippen LogP contribution in [-0.2, 0) is 9.53 Å². The summed E-state index contributed by atoms with van der Waals surface area (Å²) in [7, 11) is 1.58. The molecule has 7 heteroatoms. The zero-order chi connectivity index (χ0) is 22.2. The van der Waals surface area contributed by atoms with E-state index in [1.165, 1.54) is 0 Å². The number of ether oxygens (including phenoxy) is 3. The van der Waals surface area contributed by atoms with Crippen molar-refractivity contribution in [2.45, 2.75) is 32.7 Å². The van der Waals surface area contributed by atoms with Crippen LogP contribution in [0.4, 0.5) is 4.79 Å². The lowest BCUT2D eigenvalue weighted by Gasteiger charge is -2.29. The summed E-state index contributed by atoms with van der Waals surface area (Å²) in [5.74, 6) is 0.867. The Kier molecular flexibility index (Phi) is 7.54. The fourth-order valence-electron chi connectivity index (χ4n) is 3.35. The molecule has 0 radical (unpaired) electrons. The van der Waals surface area contributed by atoms with Crippen LogP contribution in [0.15, 0.2) is 54.1 Å². The highest BCUT2D eigenvalue weighted by atomic mass is 16.5. The van der Waals surface area contributed by atoms with Crippen molar-refractivity contribution in [1.82, 2.24) is 10.6 Å². The van der Waals surface area contributed by atoms with Gasteiger partial charge in [0.25, 0.3) is 0 Å². The molecule has 31 heavy (non-hydrogen) atoms. The number of amides is 2. The van der Waals surface area contributed by atoms with Crippen molar-refractivity contribution in [3.63, 3.8) is 0 Å². The Labute approximate surface area is 182 Å². The summed E-state index contributed by atoms with van der Waals surface area (Å²) in [5, 5.41) is 5.62. The minimum Gasteiger partial charge on any atom is -0.497 e. The topological polar surface area (TPSA) is 85.9 Å². The van der Waals surface area contributed by atoms with Gasteiger partial charge in [-0.15, -0.1) is 0 Å². The van der Waals surface area contributed by atoms with Crippen LogP contribution in [0, 0.1) is 0 Å². The zero-order valence-corrected chi connectivity index (χ0v) is 18.1. The Morgan fingerprint density at radius 2 is 1.84 bits per heavy atom. The summed E-state index contributed by atoms with van der Waals surface area (Å²) in [6.45, 7) is 4.67. The van der Waals surface area contributed by atoms with Crippen molar-refractivity contribution in [2.75, 3.05) is 20.3 Å². The van der Waals surface area contributed by atoms with Crippen LogP contribution in [0.1, 0.15) is 43.9 Å². The third kappa shape index (κ3) is 5.36. The molecule has 0 fully saturated rings. The fraction of sp³-hybridized carbons (Fsp3) is 0.333. The van der Waals surface area contributed by atoms with Gasteiger partial charge in [-0.1, -0.05) is 25.5 Å². The van der Waals surface area contributed by atoms with E-state index < -0.39 is 18.0 Å². The van der Waals surface area contributed by atoms with Gasteiger partial charge in [0.15, 0.2) is 0 Å². The van der Waals surface area contributed by atoms with E-state index in [-0.39, 0.29) is 6.61 Å². The largest absolute Gasteiger partial charge is 0.497 e. The van der Waals surface area contributed by atoms with Crippen molar-refractivity contribution >= 4 is 17.7 Å². The average molecular weight is 424 g/mol. The number of urea groups is 1. The van der Waals surface area contributed by atoms with Gasteiger partial charge in [-0.05, 0) is 60.9 Å². The van der Waals surface area contributed by atoms with Crippen molar-refractivity contribution in [3.8, 4) is 11.5 Å². The van der Waals surface area contributed by atoms with E-state index in [9.17, 15) is 9.59 Å². The normalized spacial score (nSPS) is 15.7. The zero-order valence-electron chi connectivity index (χ0n) is 18.1. The lowest BCUT2D eigenvalue weighted by atomic mass is 9.92. The van der Waals surface area contributed by atoms with Gasteiger partial charge in [0, 0.05) is 0 Å². The van der Waals surface area contributed by atoms with Crippen LogP contribution in [0.25, 0.3) is 5.70 Å². The number of hydrogen-bond acceptors (Lipinski definition) is 5. The minimum atomic E-state index is -0.681. The van der Waals surface area contributed by atoms with Gasteiger partial charge in [0.05, 0.1) is 37.6 Å². The van der Waals surface area contributed by atoms with Crippen LogP contribution >= 0.6 is 0 Å². The molecule has 0 aromatic heterocycles. The Hall–Kier alpha value is -3.48. The first-order valence-corrected chi connectivity index (χ1v) is 10.4. The Morgan fingerprint density at radius 1 is 1.06 bits per heavy atom. The van der Waals surface area contributed by atoms with Crippen LogP contribution in [0.5, 0.6) is 11.5 Å². The molecule has 2 amide bonds. The van der Waals surface area contributed by atoms with Crippen LogP contribution in [-0.4, -0.2) is 32.3 Å². The summed E-state index contributed by atoms with van der Waals surface area (Å²) in [6, 6.07) is 13.5. The molecule has 3 rings (SSSR count). The van der Waals surface area contributed by atoms with Crippen molar-refractivity contribution in [1.29, 1.82) is 0 Å². The second kappa shape index (κ2) is 10.5. The third-order valence-electron chi connectivity index (χ3n) is 4.90. The molecule has 7 nitrogen and oxygen atoms in total. The quantitative estimate of drug-likeness (QED) is 0.465. The van der Waals surface area contributed by atoms with E-state index in [2.05, 4.69) is 17.6 Å². The number of nitrogens with one attached hydrogen (secondary N) is 2. The Morgan fingerprint density at radius 3 is 2.52 bits per heavy atom. The first-order chi connectivity index (χ1) is 15.1. The molecule has 2 aromatic carbocycles. The molecule has 1 heterocycles. The van der Waals surface area contributed by atoms with Crippen molar-refractivity contribution in [2.24, 2.45) is 0 Å². The van der Waals surface area contributed by atoms with Crippen molar-refractivity contribution < 1.29 is 23.8 Å². The number of esters is 1. The van der Waals surface area contributed by atoms with E-state index in [0.717, 1.165) is 18.4 Å². The van der Waals surface area contributed by atoms with Crippen LogP contribution in [0.3, 0.4) is 0 Å². The molecule has 1 aliphatic heterocycles. The molecule has 1 unspecified atom stereocenters. The summed E-state index contributed by atoms with van der Waals surface area (Å²) in [6.07, 6.45) is 1.98. The predicted molar refractivity (Wildman–Crippen MR) is 118 cm³/mol. The molecule has 0 saturated heterocycles. The van der Waals surface area contributed by atoms with Gasteiger partial charge >= 0.3 is 12.0 Å². The van der Waals surface area contributed by atoms with E-state index in [0.29, 0.717) is 34.9 Å². The molecular weight excluding hydrogens is 396 g/mol. The lowest BCUT2D eigenvalue weighted by molar-refractivity contribution is -0.138. The molecule has 1 atom stereocenters. The molecule has 0 aliphatic carbocycles. The number of benzene rings is 2. The first kappa shape index (κ1) is 22.2. The average Bonchev–Trinajstić information content (AvgIpc) is 2.79. The maximum absolute atomic E-state index is 13.0. The number of rotatable bonds is 9. The molecular formula is C24H28N2O5. The first-order valence-electron chi connectivity index (χ1n) is 10.4. The maximum Gasteiger partial charge on any atom is 0.338 e. The Bertz CT molecular complexity index is 953. The third-order valence-corrected chi connectivity index (χ3v) is 4.90. The highest BCUT2D eigenvalue weighted by molar-refractivity contribution is 6.04. The van der Waals surface area contributed by atoms with Gasteiger partial charge in [-0.3, -0.25) is 0 Å². The highest BCUT2D eigenvalue weighted by Crippen LogP contribution is 2.33. The summed E-state index contributed by atoms with van der Waals surface area (Å²) in [4.78, 5) is 25.5. The molecule has 0 bridgehead atoms. The van der Waals surface area contributed by atoms with Crippen molar-refractivity contribution in [3.05, 3.63) is 65.2 Å². The molecule has 1 aliphatic rings. The standard InChI is InChI=1S/C24H28N2O5/c1-4-6-14-31-19-9-7-8-17(15-19)22-20(23(27)30-5-2)21(25-24(28)26-22)16-10-12-18(29-3)13-11-16/h7-13,15,22H,4-6,14H2,1-3H3,(H2,25,26,28). The second-order valence-corrected chi connectivity index (χ2v) is 7.04. The predicted octanol–water partition coefficient (Wildman–Crippen LogP) is 4.20. The molecule has 164 valence electrons. The minimum absolute atomic E-state index is 0.221. The number of carbonyl (C=O) groups excluding carboxylic acids is 2. The number of carbonyl (C=O) groups is 2. The van der Waals surface area contributed by atoms with Gasteiger partial charge in [-0.25, -0.2) is 9.59 Å². The SMILES string of the molecule is CCCCOc1cccc(C2NC(=O)NC(c3ccc(OC)cc3)=C2C(=O)OCC)c1. The molecule has 2 aromatic rings. The molecule has 0 saturated carbocycles. The summed E-state index contributed by atoms with van der Waals surface area (Å²) >= 11 is 0. The highest BCUT2D eigenvalue weighted by Gasteiger charge is 2.34. The van der Waals surface area contributed by atoms with E-state index in [4.69, 9.17) is 14.2 Å².